The largest absolute Gasteiger partial charge is 0.726 e. The van der Waals surface area contributed by atoms with Gasteiger partial charge >= 0.3 is 5.97 Å². The Morgan fingerprint density at radius 1 is 0.706 bits per heavy atom. The van der Waals surface area contributed by atoms with Crippen LogP contribution in [0, 0.1) is 0 Å². The molecule has 0 unspecified atom stereocenters. The van der Waals surface area contributed by atoms with Gasteiger partial charge in [-0.05, 0) is 51.9 Å². The summed E-state index contributed by atoms with van der Waals surface area (Å²) in [7, 11) is -1.13. The van der Waals surface area contributed by atoms with Gasteiger partial charge in [0.2, 0.25) is 10.4 Å². The highest BCUT2D eigenvalue weighted by molar-refractivity contribution is 7.80. The fourth-order valence-corrected chi connectivity index (χ4v) is 4.06. The molecule has 206 valence electrons. The maximum Gasteiger partial charge on any atom is 0.305 e. The summed E-state index contributed by atoms with van der Waals surface area (Å²) in [5.41, 5.74) is 0. The van der Waals surface area contributed by atoms with Gasteiger partial charge in [0.15, 0.2) is 0 Å². The number of nitrogens with zero attached hydrogens (tertiary/aromatic N) is 1. The summed E-state index contributed by atoms with van der Waals surface area (Å²) in [6.45, 7) is 10.9. The van der Waals surface area contributed by atoms with Crippen LogP contribution in [0.3, 0.4) is 0 Å². The summed E-state index contributed by atoms with van der Waals surface area (Å²) >= 11 is 0. The molecular weight excluding hydrogens is 454 g/mol. The lowest BCUT2D eigenvalue weighted by atomic mass is 10.1. The van der Waals surface area contributed by atoms with Crippen molar-refractivity contribution < 1.29 is 31.2 Å². The first-order chi connectivity index (χ1) is 16.1. The summed E-state index contributed by atoms with van der Waals surface area (Å²) in [5.74, 6) is -0.0288. The summed E-state index contributed by atoms with van der Waals surface area (Å²) in [4.78, 5) is 11.5. The van der Waals surface area contributed by atoms with Crippen molar-refractivity contribution in [1.29, 1.82) is 0 Å². The van der Waals surface area contributed by atoms with E-state index in [0.717, 1.165) is 20.0 Å². The molecule has 8 heteroatoms. The number of quaternary nitrogens is 1. The minimum atomic E-state index is -4.41. The molecule has 0 amide bonds. The Morgan fingerprint density at radius 3 is 1.41 bits per heavy atom. The second-order valence-electron chi connectivity index (χ2n) is 9.52. The van der Waals surface area contributed by atoms with Gasteiger partial charge in [-0.25, -0.2) is 8.42 Å². The standard InChI is InChI=1S/C25H52NO2.CH4O4S/c1-5-8-10-12-14-18-22-26(4,23-19-15-13-11-9-6-2)24-20-16-17-21-25(27)28-7-3;1-5-6(2,3)4/h5-24H2,1-4H3;1H3,(H,2,3,4)/q+1;/p-1. The van der Waals surface area contributed by atoms with Crippen LogP contribution in [-0.4, -0.2) is 63.8 Å². The van der Waals surface area contributed by atoms with Gasteiger partial charge in [0, 0.05) is 6.42 Å². The molecule has 0 fully saturated rings. The number of rotatable bonds is 22. The van der Waals surface area contributed by atoms with Gasteiger partial charge in [-0.1, -0.05) is 65.2 Å². The van der Waals surface area contributed by atoms with E-state index in [1.165, 1.54) is 108 Å². The van der Waals surface area contributed by atoms with Gasteiger partial charge in [0.05, 0.1) is 40.4 Å². The molecular formula is C26H55NO6S. The van der Waals surface area contributed by atoms with Gasteiger partial charge in [-0.15, -0.1) is 0 Å². The van der Waals surface area contributed by atoms with Crippen LogP contribution in [0.25, 0.3) is 0 Å². The zero-order valence-corrected chi connectivity index (χ0v) is 23.8. The van der Waals surface area contributed by atoms with E-state index in [2.05, 4.69) is 25.1 Å². The zero-order chi connectivity index (χ0) is 26.1. The van der Waals surface area contributed by atoms with Crippen LogP contribution < -0.4 is 0 Å². The van der Waals surface area contributed by atoms with Crippen molar-refractivity contribution in [2.24, 2.45) is 0 Å². The lowest BCUT2D eigenvalue weighted by Gasteiger charge is -2.35. The molecule has 0 aromatic rings. The van der Waals surface area contributed by atoms with Crippen LogP contribution in [0.15, 0.2) is 0 Å². The highest BCUT2D eigenvalue weighted by atomic mass is 32.3. The number of carbonyl (C=O) groups is 1. The smallest absolute Gasteiger partial charge is 0.305 e. The maximum absolute atomic E-state index is 11.5. The minimum absolute atomic E-state index is 0.0288. The molecule has 0 heterocycles. The third-order valence-corrected chi connectivity index (χ3v) is 6.60. The molecule has 0 aromatic carbocycles. The van der Waals surface area contributed by atoms with Crippen LogP contribution in [0.4, 0.5) is 0 Å². The van der Waals surface area contributed by atoms with E-state index in [9.17, 15) is 17.8 Å². The Labute approximate surface area is 211 Å². The summed E-state index contributed by atoms with van der Waals surface area (Å²) in [6.07, 6.45) is 20.6. The SMILES string of the molecule is CCCCCCCC[N+](C)(CCCCCCCC)CCCCCC(=O)OCC.COS(=O)(=O)[O-]. The molecule has 0 aliphatic rings. The molecule has 34 heavy (non-hydrogen) atoms. The fraction of sp³-hybridized carbons (Fsp3) is 0.962. The number of carbonyl (C=O) groups excluding carboxylic acids is 1. The molecule has 0 spiro atoms. The molecule has 0 N–H and O–H groups in total. The monoisotopic (exact) mass is 509 g/mol. The van der Waals surface area contributed by atoms with E-state index in [-0.39, 0.29) is 5.97 Å². The number of esters is 1. The third-order valence-electron chi connectivity index (χ3n) is 6.19. The van der Waals surface area contributed by atoms with E-state index in [1.807, 2.05) is 6.92 Å². The van der Waals surface area contributed by atoms with Gasteiger partial charge < -0.3 is 13.8 Å². The van der Waals surface area contributed by atoms with Crippen molar-refractivity contribution in [2.75, 3.05) is 40.4 Å². The molecule has 0 bridgehead atoms. The first kappa shape index (κ1) is 35.5. The lowest BCUT2D eigenvalue weighted by Crippen LogP contribution is -2.46. The lowest BCUT2D eigenvalue weighted by molar-refractivity contribution is -0.910. The molecule has 0 aliphatic carbocycles. The molecule has 0 rings (SSSR count). The number of hydrogen-bond donors (Lipinski definition) is 0. The number of hydrogen-bond acceptors (Lipinski definition) is 6. The van der Waals surface area contributed by atoms with E-state index >= 15 is 0 Å². The first-order valence-corrected chi connectivity index (χ1v) is 15.0. The van der Waals surface area contributed by atoms with E-state index in [1.54, 1.807) is 0 Å². The molecule has 0 aliphatic heterocycles. The predicted molar refractivity (Wildman–Crippen MR) is 139 cm³/mol. The Hall–Kier alpha value is -0.700. The molecule has 0 aromatic heterocycles. The Kier molecular flexibility index (Phi) is 25.0. The van der Waals surface area contributed by atoms with E-state index < -0.39 is 10.4 Å². The molecule has 7 nitrogen and oxygen atoms in total. The Bertz CT molecular complexity index is 537. The van der Waals surface area contributed by atoms with Crippen molar-refractivity contribution in [3.63, 3.8) is 0 Å². The fourth-order valence-electron chi connectivity index (χ4n) is 4.06. The van der Waals surface area contributed by atoms with Gasteiger partial charge in [-0.2, -0.15) is 0 Å². The van der Waals surface area contributed by atoms with Crippen LogP contribution in [0.2, 0.25) is 0 Å². The number of ether oxygens (including phenoxy) is 1. The van der Waals surface area contributed by atoms with Gasteiger partial charge in [0.25, 0.3) is 0 Å². The van der Waals surface area contributed by atoms with Crippen LogP contribution in [0.1, 0.15) is 124 Å². The van der Waals surface area contributed by atoms with Crippen molar-refractivity contribution in [2.45, 2.75) is 124 Å². The molecule has 0 radical (unpaired) electrons. The molecule has 0 saturated carbocycles. The normalized spacial score (nSPS) is 11.7. The van der Waals surface area contributed by atoms with Crippen molar-refractivity contribution in [3.8, 4) is 0 Å². The Balaban J connectivity index is 0. The quantitative estimate of drug-likeness (QED) is 0.0553. The summed E-state index contributed by atoms with van der Waals surface area (Å²) in [6, 6.07) is 0. The van der Waals surface area contributed by atoms with Crippen LogP contribution in [-0.2, 0) is 24.1 Å². The average Bonchev–Trinajstić information content (AvgIpc) is 2.78. The highest BCUT2D eigenvalue weighted by Crippen LogP contribution is 2.16. The van der Waals surface area contributed by atoms with Crippen LogP contribution in [0.5, 0.6) is 0 Å². The maximum atomic E-state index is 11.5. The molecule has 0 atom stereocenters. The first-order valence-electron chi connectivity index (χ1n) is 13.6. The average molecular weight is 510 g/mol. The molecule has 0 saturated heterocycles. The second kappa shape index (κ2) is 24.0. The third kappa shape index (κ3) is 27.5. The van der Waals surface area contributed by atoms with Crippen molar-refractivity contribution in [1.82, 2.24) is 0 Å². The summed E-state index contributed by atoms with van der Waals surface area (Å²) < 4.78 is 37.3. The topological polar surface area (TPSA) is 92.7 Å². The van der Waals surface area contributed by atoms with E-state index in [4.69, 9.17) is 4.74 Å². The van der Waals surface area contributed by atoms with Gasteiger partial charge in [-0.3, -0.25) is 8.98 Å². The van der Waals surface area contributed by atoms with Crippen molar-refractivity contribution >= 4 is 16.4 Å². The predicted octanol–water partition coefficient (Wildman–Crippen LogP) is 6.37. The minimum Gasteiger partial charge on any atom is -0.726 e. The summed E-state index contributed by atoms with van der Waals surface area (Å²) in [5, 5.41) is 0. The van der Waals surface area contributed by atoms with Crippen molar-refractivity contribution in [3.05, 3.63) is 0 Å². The van der Waals surface area contributed by atoms with E-state index in [0.29, 0.717) is 13.0 Å². The Morgan fingerprint density at radius 2 is 1.06 bits per heavy atom. The highest BCUT2D eigenvalue weighted by Gasteiger charge is 2.20. The number of unbranched alkanes of at least 4 members (excludes halogenated alkanes) is 12. The van der Waals surface area contributed by atoms with Gasteiger partial charge in [0.1, 0.15) is 0 Å². The van der Waals surface area contributed by atoms with Crippen LogP contribution >= 0.6 is 0 Å². The zero-order valence-electron chi connectivity index (χ0n) is 22.9. The second-order valence-corrected chi connectivity index (χ2v) is 10.7.